The Morgan fingerprint density at radius 2 is 1.81 bits per heavy atom. The molecule has 0 saturated carbocycles. The number of halogens is 1. The quantitative estimate of drug-likeness (QED) is 0.730. The van der Waals surface area contributed by atoms with Crippen molar-refractivity contribution >= 4 is 33.2 Å². The largest absolute Gasteiger partial charge is 0.506 e. The van der Waals surface area contributed by atoms with E-state index in [1.54, 1.807) is 26.0 Å². The molecule has 0 fully saturated rings. The summed E-state index contributed by atoms with van der Waals surface area (Å²) < 4.78 is 26.7. The van der Waals surface area contributed by atoms with Crippen LogP contribution < -0.4 is 5.32 Å². The van der Waals surface area contributed by atoms with Crippen LogP contribution in [0.4, 0.5) is 5.69 Å². The highest BCUT2D eigenvalue weighted by Crippen LogP contribution is 2.28. The van der Waals surface area contributed by atoms with E-state index in [4.69, 9.17) is 11.6 Å². The second kappa shape index (κ2) is 8.07. The van der Waals surface area contributed by atoms with Gasteiger partial charge in [0.15, 0.2) is 0 Å². The summed E-state index contributed by atoms with van der Waals surface area (Å²) in [6.07, 6.45) is 0. The summed E-state index contributed by atoms with van der Waals surface area (Å²) in [4.78, 5) is 12.4. The molecule has 2 N–H and O–H groups in total. The molecule has 0 aliphatic rings. The number of anilines is 1. The molecule has 0 radical (unpaired) electrons. The normalized spacial score (nSPS) is 11.6. The maximum Gasteiger partial charge on any atom is 0.255 e. The standard InChI is InChI=1S/C18H21ClN2O4S/c1-4-21(5-2)26(24,25)17-11-13(7-8-14(17)19)18(23)20-15-9-6-12(3)10-16(15)22/h6-11,22H,4-5H2,1-3H3,(H,20,23). The number of nitrogens with one attached hydrogen (secondary N) is 1. The maximum atomic E-state index is 12.7. The van der Waals surface area contributed by atoms with Crippen molar-refractivity contribution in [1.82, 2.24) is 4.31 Å². The Morgan fingerprint density at radius 1 is 1.15 bits per heavy atom. The predicted octanol–water partition coefficient (Wildman–Crippen LogP) is 3.64. The third-order valence-corrected chi connectivity index (χ3v) is 6.45. The molecule has 0 aromatic heterocycles. The van der Waals surface area contributed by atoms with Crippen LogP contribution in [0, 0.1) is 6.92 Å². The maximum absolute atomic E-state index is 12.7. The molecular formula is C18H21ClN2O4S. The number of carbonyl (C=O) groups excluding carboxylic acids is 1. The van der Waals surface area contributed by atoms with Crippen molar-refractivity contribution < 1.29 is 18.3 Å². The molecule has 0 atom stereocenters. The molecule has 6 nitrogen and oxygen atoms in total. The van der Waals surface area contributed by atoms with Gasteiger partial charge in [0.05, 0.1) is 10.7 Å². The Balaban J connectivity index is 2.38. The fraction of sp³-hybridized carbons (Fsp3) is 0.278. The van der Waals surface area contributed by atoms with Gasteiger partial charge in [0.25, 0.3) is 5.91 Å². The van der Waals surface area contributed by atoms with E-state index in [1.165, 1.54) is 28.6 Å². The first kappa shape index (κ1) is 20.2. The van der Waals surface area contributed by atoms with Gasteiger partial charge in [-0.15, -0.1) is 0 Å². The summed E-state index contributed by atoms with van der Waals surface area (Å²) in [6.45, 7) is 5.86. The van der Waals surface area contributed by atoms with E-state index in [2.05, 4.69) is 5.32 Å². The zero-order valence-electron chi connectivity index (χ0n) is 14.8. The first-order valence-corrected chi connectivity index (χ1v) is 9.93. The summed E-state index contributed by atoms with van der Waals surface area (Å²) in [5.41, 5.74) is 1.21. The Hall–Kier alpha value is -2.09. The van der Waals surface area contributed by atoms with Crippen molar-refractivity contribution in [3.63, 3.8) is 0 Å². The average molecular weight is 397 g/mol. The molecule has 1 amide bonds. The zero-order valence-corrected chi connectivity index (χ0v) is 16.4. The van der Waals surface area contributed by atoms with Crippen molar-refractivity contribution in [2.24, 2.45) is 0 Å². The lowest BCUT2D eigenvalue weighted by molar-refractivity contribution is 0.102. The van der Waals surface area contributed by atoms with Crippen LogP contribution in [-0.2, 0) is 10.0 Å². The van der Waals surface area contributed by atoms with Crippen LogP contribution in [0.15, 0.2) is 41.3 Å². The molecule has 0 spiro atoms. The van der Waals surface area contributed by atoms with Crippen LogP contribution in [0.2, 0.25) is 5.02 Å². The van der Waals surface area contributed by atoms with Gasteiger partial charge in [-0.2, -0.15) is 4.31 Å². The molecule has 0 unspecified atom stereocenters. The molecule has 0 saturated heterocycles. The molecule has 140 valence electrons. The number of benzene rings is 2. The van der Waals surface area contributed by atoms with E-state index in [1.807, 2.05) is 6.92 Å². The molecule has 0 bridgehead atoms. The SMILES string of the molecule is CCN(CC)S(=O)(=O)c1cc(C(=O)Nc2ccc(C)cc2O)ccc1Cl. The summed E-state index contributed by atoms with van der Waals surface area (Å²) in [7, 11) is -3.80. The van der Waals surface area contributed by atoms with Gasteiger partial charge in [-0.1, -0.05) is 31.5 Å². The molecular weight excluding hydrogens is 376 g/mol. The molecule has 0 aliphatic heterocycles. The van der Waals surface area contributed by atoms with Gasteiger partial charge < -0.3 is 10.4 Å². The van der Waals surface area contributed by atoms with E-state index in [-0.39, 0.29) is 26.9 Å². The summed E-state index contributed by atoms with van der Waals surface area (Å²) >= 11 is 6.07. The minimum Gasteiger partial charge on any atom is -0.506 e. The molecule has 2 aromatic rings. The van der Waals surface area contributed by atoms with Crippen LogP contribution in [-0.4, -0.2) is 36.8 Å². The van der Waals surface area contributed by atoms with Crippen LogP contribution in [0.3, 0.4) is 0 Å². The molecule has 2 aromatic carbocycles. The predicted molar refractivity (Wildman–Crippen MR) is 102 cm³/mol. The van der Waals surface area contributed by atoms with Gasteiger partial charge in [-0.3, -0.25) is 4.79 Å². The Kier molecular flexibility index (Phi) is 6.28. The minimum absolute atomic E-state index is 0.0478. The number of amides is 1. The van der Waals surface area contributed by atoms with Crippen molar-refractivity contribution in [2.45, 2.75) is 25.7 Å². The van der Waals surface area contributed by atoms with Crippen LogP contribution in [0.25, 0.3) is 0 Å². The van der Waals surface area contributed by atoms with E-state index < -0.39 is 15.9 Å². The molecule has 26 heavy (non-hydrogen) atoms. The summed E-state index contributed by atoms with van der Waals surface area (Å²) in [6, 6.07) is 8.90. The van der Waals surface area contributed by atoms with Crippen molar-refractivity contribution in [3.05, 3.63) is 52.5 Å². The number of carbonyl (C=O) groups is 1. The molecule has 2 rings (SSSR count). The fourth-order valence-corrected chi connectivity index (χ4v) is 4.45. The topological polar surface area (TPSA) is 86.7 Å². The fourth-order valence-electron chi connectivity index (χ4n) is 2.49. The third kappa shape index (κ3) is 4.17. The van der Waals surface area contributed by atoms with Gasteiger partial charge in [0.1, 0.15) is 10.6 Å². The number of aromatic hydroxyl groups is 1. The number of hydrogen-bond acceptors (Lipinski definition) is 4. The van der Waals surface area contributed by atoms with Crippen molar-refractivity contribution in [2.75, 3.05) is 18.4 Å². The van der Waals surface area contributed by atoms with Gasteiger partial charge in [-0.25, -0.2) is 8.42 Å². The molecule has 0 heterocycles. The van der Waals surface area contributed by atoms with Crippen LogP contribution in [0.5, 0.6) is 5.75 Å². The third-order valence-electron chi connectivity index (χ3n) is 3.92. The van der Waals surface area contributed by atoms with Gasteiger partial charge in [0.2, 0.25) is 10.0 Å². The highest BCUT2D eigenvalue weighted by molar-refractivity contribution is 7.89. The lowest BCUT2D eigenvalue weighted by atomic mass is 10.2. The smallest absolute Gasteiger partial charge is 0.255 e. The first-order chi connectivity index (χ1) is 12.2. The number of nitrogens with zero attached hydrogens (tertiary/aromatic N) is 1. The Morgan fingerprint density at radius 3 is 2.38 bits per heavy atom. The molecule has 8 heteroatoms. The van der Waals surface area contributed by atoms with Crippen LogP contribution in [0.1, 0.15) is 29.8 Å². The first-order valence-electron chi connectivity index (χ1n) is 8.11. The number of phenols is 1. The van der Waals surface area contributed by atoms with E-state index >= 15 is 0 Å². The van der Waals surface area contributed by atoms with Gasteiger partial charge in [0, 0.05) is 18.7 Å². The second-order valence-electron chi connectivity index (χ2n) is 5.71. The number of hydrogen-bond donors (Lipinski definition) is 2. The number of aryl methyl sites for hydroxylation is 1. The number of phenolic OH excluding ortho intramolecular Hbond substituents is 1. The van der Waals surface area contributed by atoms with E-state index in [0.717, 1.165) is 5.56 Å². The van der Waals surface area contributed by atoms with Gasteiger partial charge in [-0.05, 0) is 42.8 Å². The van der Waals surface area contributed by atoms with Crippen molar-refractivity contribution in [3.8, 4) is 5.75 Å². The van der Waals surface area contributed by atoms with Gasteiger partial charge >= 0.3 is 0 Å². The summed E-state index contributed by atoms with van der Waals surface area (Å²) in [5.74, 6) is -0.611. The zero-order chi connectivity index (χ0) is 19.5. The number of sulfonamides is 1. The minimum atomic E-state index is -3.80. The van der Waals surface area contributed by atoms with E-state index in [9.17, 15) is 18.3 Å². The average Bonchev–Trinajstić information content (AvgIpc) is 2.58. The summed E-state index contributed by atoms with van der Waals surface area (Å²) in [5, 5.41) is 12.5. The molecule has 0 aliphatic carbocycles. The highest BCUT2D eigenvalue weighted by atomic mass is 35.5. The Bertz CT molecular complexity index is 925. The van der Waals surface area contributed by atoms with E-state index in [0.29, 0.717) is 13.1 Å². The van der Waals surface area contributed by atoms with Crippen molar-refractivity contribution in [1.29, 1.82) is 0 Å². The number of rotatable bonds is 6. The highest BCUT2D eigenvalue weighted by Gasteiger charge is 2.25. The monoisotopic (exact) mass is 396 g/mol. The second-order valence-corrected chi connectivity index (χ2v) is 8.02. The lowest BCUT2D eigenvalue weighted by Gasteiger charge is -2.19. The Labute approximate surface area is 158 Å². The van der Waals surface area contributed by atoms with Crippen LogP contribution >= 0.6 is 11.6 Å². The lowest BCUT2D eigenvalue weighted by Crippen LogP contribution is -2.31.